The molecule has 2 aliphatic rings. The zero-order chi connectivity index (χ0) is 25.5. The summed E-state index contributed by atoms with van der Waals surface area (Å²) in [7, 11) is 0. The fraction of sp³-hybridized carbons (Fsp3) is 0.483. The third kappa shape index (κ3) is 7.60. The first-order valence-corrected chi connectivity index (χ1v) is 14.2. The van der Waals surface area contributed by atoms with Gasteiger partial charge in [0, 0.05) is 76.0 Å². The van der Waals surface area contributed by atoms with E-state index < -0.39 is 0 Å². The molecule has 1 atom stereocenters. The average molecular weight is 520 g/mol. The van der Waals surface area contributed by atoms with Crippen molar-refractivity contribution in [3.05, 3.63) is 76.0 Å². The van der Waals surface area contributed by atoms with Gasteiger partial charge in [-0.1, -0.05) is 18.2 Å². The Balaban J connectivity index is 1.02. The normalized spacial score (nSPS) is 19.2. The largest absolute Gasteiger partial charge is 0.493 e. The van der Waals surface area contributed by atoms with Crippen LogP contribution in [-0.4, -0.2) is 76.5 Å². The Morgan fingerprint density at radius 1 is 1.03 bits per heavy atom. The van der Waals surface area contributed by atoms with Gasteiger partial charge in [0.15, 0.2) is 0 Å². The third-order valence-electron chi connectivity index (χ3n) is 7.28. The van der Waals surface area contributed by atoms with Crippen LogP contribution in [0.3, 0.4) is 0 Å². The minimum Gasteiger partial charge on any atom is -0.493 e. The Bertz CT molecular complexity index is 1130. The van der Waals surface area contributed by atoms with Crippen LogP contribution in [-0.2, 0) is 24.3 Å². The number of hydrogen-bond acceptors (Lipinski definition) is 7. The first kappa shape index (κ1) is 25.8. The lowest BCUT2D eigenvalue weighted by molar-refractivity contribution is -0.132. The topological polar surface area (TPSA) is 61.8 Å². The molecule has 2 aromatic heterocycles. The number of rotatable bonds is 9. The number of ether oxygens (including phenoxy) is 1. The molecule has 0 unspecified atom stereocenters. The molecule has 2 fully saturated rings. The van der Waals surface area contributed by atoms with Gasteiger partial charge in [-0.3, -0.25) is 19.6 Å². The van der Waals surface area contributed by atoms with Crippen LogP contribution in [0.5, 0.6) is 5.75 Å². The molecule has 3 aromatic rings. The number of thiazole rings is 1. The van der Waals surface area contributed by atoms with E-state index in [1.165, 1.54) is 11.1 Å². The van der Waals surface area contributed by atoms with E-state index in [4.69, 9.17) is 4.74 Å². The van der Waals surface area contributed by atoms with Crippen molar-refractivity contribution in [2.24, 2.45) is 5.92 Å². The van der Waals surface area contributed by atoms with Crippen LogP contribution < -0.4 is 4.74 Å². The molecule has 1 amide bonds. The quantitative estimate of drug-likeness (QED) is 0.426. The van der Waals surface area contributed by atoms with Crippen LogP contribution in [0.2, 0.25) is 0 Å². The molecule has 0 saturated carbocycles. The second kappa shape index (κ2) is 12.6. The van der Waals surface area contributed by atoms with Gasteiger partial charge in [0.25, 0.3) is 0 Å². The molecule has 0 radical (unpaired) electrons. The minimum atomic E-state index is 0.178. The molecule has 0 N–H and O–H groups in total. The van der Waals surface area contributed by atoms with Gasteiger partial charge in [0.1, 0.15) is 5.75 Å². The molecule has 8 heteroatoms. The van der Waals surface area contributed by atoms with Crippen molar-refractivity contribution in [1.29, 1.82) is 0 Å². The van der Waals surface area contributed by atoms with Crippen molar-refractivity contribution in [3.63, 3.8) is 0 Å². The summed E-state index contributed by atoms with van der Waals surface area (Å²) in [6.45, 7) is 10.5. The predicted molar refractivity (Wildman–Crippen MR) is 147 cm³/mol. The second-order valence-electron chi connectivity index (χ2n) is 10.3. The standard InChI is InChI=1S/C29H37N5O2S/c1-23-31-27(22-37-23)16-29(35)34-11-3-5-26(20-34)21-36-28-8-6-24(7-9-28)18-32-12-14-33(15-13-32)19-25-4-2-10-30-17-25/h2,4,6-10,17,22,26H,3,5,11-16,18-21H2,1H3/t26-/m1/s1. The van der Waals surface area contributed by atoms with Gasteiger partial charge in [-0.2, -0.15) is 0 Å². The van der Waals surface area contributed by atoms with Gasteiger partial charge in [-0.15, -0.1) is 11.3 Å². The number of aryl methyl sites for hydroxylation is 1. The molecular formula is C29H37N5O2S. The van der Waals surface area contributed by atoms with E-state index in [2.05, 4.69) is 50.1 Å². The number of piperidine rings is 1. The van der Waals surface area contributed by atoms with E-state index in [-0.39, 0.29) is 5.91 Å². The lowest BCUT2D eigenvalue weighted by Gasteiger charge is -2.34. The predicted octanol–water partition coefficient (Wildman–Crippen LogP) is 4.02. The summed E-state index contributed by atoms with van der Waals surface area (Å²) in [4.78, 5) is 28.4. The van der Waals surface area contributed by atoms with Crippen LogP contribution in [0.1, 0.15) is 34.7 Å². The molecule has 37 heavy (non-hydrogen) atoms. The van der Waals surface area contributed by atoms with E-state index in [0.29, 0.717) is 18.9 Å². The molecule has 4 heterocycles. The number of likely N-dealkylation sites (tertiary alicyclic amines) is 1. The van der Waals surface area contributed by atoms with Crippen LogP contribution in [0.25, 0.3) is 0 Å². The van der Waals surface area contributed by atoms with E-state index in [0.717, 1.165) is 81.7 Å². The number of benzene rings is 1. The van der Waals surface area contributed by atoms with E-state index >= 15 is 0 Å². The van der Waals surface area contributed by atoms with Gasteiger partial charge in [0.2, 0.25) is 5.91 Å². The van der Waals surface area contributed by atoms with Crippen molar-refractivity contribution in [3.8, 4) is 5.75 Å². The Kier molecular flexibility index (Phi) is 8.81. The Labute approximate surface area is 224 Å². The summed E-state index contributed by atoms with van der Waals surface area (Å²) in [5, 5.41) is 3.00. The van der Waals surface area contributed by atoms with Crippen LogP contribution >= 0.6 is 11.3 Å². The fourth-order valence-corrected chi connectivity index (χ4v) is 5.82. The van der Waals surface area contributed by atoms with Crippen molar-refractivity contribution in [1.82, 2.24) is 24.7 Å². The zero-order valence-electron chi connectivity index (χ0n) is 21.7. The lowest BCUT2D eigenvalue weighted by atomic mass is 9.98. The maximum absolute atomic E-state index is 12.7. The number of hydrogen-bond donors (Lipinski definition) is 0. The number of piperazine rings is 1. The number of nitrogens with zero attached hydrogens (tertiary/aromatic N) is 5. The molecule has 5 rings (SSSR count). The monoisotopic (exact) mass is 519 g/mol. The summed E-state index contributed by atoms with van der Waals surface area (Å²) in [6, 6.07) is 12.7. The molecule has 0 aliphatic carbocycles. The Hall–Kier alpha value is -2.81. The van der Waals surface area contributed by atoms with Crippen LogP contribution in [0, 0.1) is 12.8 Å². The molecule has 0 bridgehead atoms. The van der Waals surface area contributed by atoms with Crippen molar-refractivity contribution < 1.29 is 9.53 Å². The number of aromatic nitrogens is 2. The lowest BCUT2D eigenvalue weighted by Crippen LogP contribution is -2.45. The molecular weight excluding hydrogens is 482 g/mol. The Morgan fingerprint density at radius 3 is 2.46 bits per heavy atom. The van der Waals surface area contributed by atoms with Gasteiger partial charge in [-0.05, 0) is 49.1 Å². The molecule has 2 saturated heterocycles. The fourth-order valence-electron chi connectivity index (χ4n) is 5.20. The molecule has 7 nitrogen and oxygen atoms in total. The molecule has 1 aromatic carbocycles. The van der Waals surface area contributed by atoms with Crippen molar-refractivity contribution in [2.75, 3.05) is 45.9 Å². The first-order chi connectivity index (χ1) is 18.1. The maximum Gasteiger partial charge on any atom is 0.228 e. The van der Waals surface area contributed by atoms with Gasteiger partial charge < -0.3 is 9.64 Å². The average Bonchev–Trinajstić information content (AvgIpc) is 3.34. The number of amides is 1. The van der Waals surface area contributed by atoms with E-state index in [9.17, 15) is 4.79 Å². The first-order valence-electron chi connectivity index (χ1n) is 13.3. The summed E-state index contributed by atoms with van der Waals surface area (Å²) in [6.07, 6.45) is 6.33. The summed E-state index contributed by atoms with van der Waals surface area (Å²) in [5.41, 5.74) is 3.49. The molecule has 196 valence electrons. The minimum absolute atomic E-state index is 0.178. The van der Waals surface area contributed by atoms with Gasteiger partial charge in [0.05, 0.1) is 23.7 Å². The summed E-state index contributed by atoms with van der Waals surface area (Å²) >= 11 is 1.60. The van der Waals surface area contributed by atoms with E-state index in [1.807, 2.05) is 35.7 Å². The van der Waals surface area contributed by atoms with Crippen LogP contribution in [0.15, 0.2) is 54.2 Å². The highest BCUT2D eigenvalue weighted by Crippen LogP contribution is 2.21. The number of carbonyl (C=O) groups excluding carboxylic acids is 1. The highest BCUT2D eigenvalue weighted by atomic mass is 32.1. The van der Waals surface area contributed by atoms with E-state index in [1.54, 1.807) is 11.3 Å². The maximum atomic E-state index is 12.7. The summed E-state index contributed by atoms with van der Waals surface area (Å²) in [5.74, 6) is 1.46. The van der Waals surface area contributed by atoms with Crippen LogP contribution in [0.4, 0.5) is 0 Å². The zero-order valence-corrected chi connectivity index (χ0v) is 22.5. The van der Waals surface area contributed by atoms with Crippen molar-refractivity contribution >= 4 is 17.2 Å². The summed E-state index contributed by atoms with van der Waals surface area (Å²) < 4.78 is 6.14. The second-order valence-corrected chi connectivity index (χ2v) is 11.3. The van der Waals surface area contributed by atoms with Crippen molar-refractivity contribution in [2.45, 2.75) is 39.3 Å². The SMILES string of the molecule is Cc1nc(CC(=O)N2CCC[C@@H](COc3ccc(CN4CCN(Cc5cccnc5)CC4)cc3)C2)cs1. The smallest absolute Gasteiger partial charge is 0.228 e. The highest BCUT2D eigenvalue weighted by molar-refractivity contribution is 7.09. The van der Waals surface area contributed by atoms with Gasteiger partial charge >= 0.3 is 0 Å². The van der Waals surface area contributed by atoms with Gasteiger partial charge in [-0.25, -0.2) is 4.98 Å². The number of pyridine rings is 1. The molecule has 2 aliphatic heterocycles. The third-order valence-corrected chi connectivity index (χ3v) is 8.10. The highest BCUT2D eigenvalue weighted by Gasteiger charge is 2.25. The molecule has 0 spiro atoms. The Morgan fingerprint density at radius 2 is 1.78 bits per heavy atom. The number of carbonyl (C=O) groups is 1.